The fourth-order valence-electron chi connectivity index (χ4n) is 5.96. The minimum Gasteiger partial charge on any atom is -0.418 e. The van der Waals surface area contributed by atoms with E-state index in [0.717, 1.165) is 38.7 Å². The SMILES string of the molecule is CCc1cnn2c(NCc3ccc[nH+]c3)cc(N3CCCC(S(=O)(=O)n4cnc(-c5ccccc5)n4)C3CCO[Si](C)(C)C)nc12. The van der Waals surface area contributed by atoms with Crippen molar-refractivity contribution in [2.45, 2.75) is 70.1 Å². The molecule has 242 valence electrons. The minimum atomic E-state index is -3.91. The number of aromatic amines is 1. The van der Waals surface area contributed by atoms with E-state index in [1.807, 2.05) is 71.6 Å². The molecule has 14 heteroatoms. The van der Waals surface area contributed by atoms with Crippen LogP contribution in [0.1, 0.15) is 37.3 Å². The molecule has 1 aliphatic rings. The highest BCUT2D eigenvalue weighted by atomic mass is 32.2. The Kier molecular flexibility index (Phi) is 9.20. The van der Waals surface area contributed by atoms with Crippen molar-refractivity contribution in [2.24, 2.45) is 0 Å². The van der Waals surface area contributed by atoms with Gasteiger partial charge in [-0.3, -0.25) is 0 Å². The summed E-state index contributed by atoms with van der Waals surface area (Å²) in [5.41, 5.74) is 3.63. The number of piperidine rings is 1. The van der Waals surface area contributed by atoms with Crippen molar-refractivity contribution in [2.75, 3.05) is 23.4 Å². The highest BCUT2D eigenvalue weighted by Gasteiger charge is 2.42. The lowest BCUT2D eigenvalue weighted by Crippen LogP contribution is -2.53. The summed E-state index contributed by atoms with van der Waals surface area (Å²) >= 11 is 0. The molecule has 1 saturated heterocycles. The summed E-state index contributed by atoms with van der Waals surface area (Å²) in [5.74, 6) is 1.88. The van der Waals surface area contributed by atoms with Crippen LogP contribution in [0, 0.1) is 0 Å². The number of nitrogens with zero attached hydrogens (tertiary/aromatic N) is 7. The fraction of sp³-hybridized carbons (Fsp3) is 0.406. The quantitative estimate of drug-likeness (QED) is 0.193. The van der Waals surface area contributed by atoms with E-state index >= 15 is 0 Å². The van der Waals surface area contributed by atoms with Gasteiger partial charge in [0, 0.05) is 48.5 Å². The predicted octanol–water partition coefficient (Wildman–Crippen LogP) is 4.43. The van der Waals surface area contributed by atoms with E-state index in [4.69, 9.17) is 9.41 Å². The molecule has 1 fully saturated rings. The number of pyridine rings is 1. The van der Waals surface area contributed by atoms with Gasteiger partial charge in [-0.2, -0.15) is 9.61 Å². The van der Waals surface area contributed by atoms with Gasteiger partial charge in [-0.1, -0.05) is 37.3 Å². The second kappa shape index (κ2) is 13.3. The highest BCUT2D eigenvalue weighted by molar-refractivity contribution is 7.90. The number of fused-ring (bicyclic) bond motifs is 1. The average molecular weight is 661 g/mol. The van der Waals surface area contributed by atoms with Gasteiger partial charge >= 0.3 is 0 Å². The molecule has 0 radical (unpaired) electrons. The zero-order valence-electron chi connectivity index (χ0n) is 26.8. The summed E-state index contributed by atoms with van der Waals surface area (Å²) in [4.78, 5) is 14.7. The zero-order valence-corrected chi connectivity index (χ0v) is 28.6. The number of anilines is 2. The lowest BCUT2D eigenvalue weighted by molar-refractivity contribution is -0.378. The molecule has 6 rings (SSSR count). The number of hydrogen-bond acceptors (Lipinski definition) is 9. The number of benzene rings is 1. The van der Waals surface area contributed by atoms with Gasteiger partial charge in [-0.25, -0.2) is 23.4 Å². The van der Waals surface area contributed by atoms with Crippen LogP contribution in [0.4, 0.5) is 11.6 Å². The van der Waals surface area contributed by atoms with Gasteiger partial charge in [0.25, 0.3) is 10.0 Å². The first-order chi connectivity index (χ1) is 22.1. The number of H-pyrrole nitrogens is 1. The van der Waals surface area contributed by atoms with Crippen LogP contribution >= 0.6 is 0 Å². The average Bonchev–Trinajstić information content (AvgIpc) is 3.72. The summed E-state index contributed by atoms with van der Waals surface area (Å²) < 4.78 is 37.8. The van der Waals surface area contributed by atoms with E-state index in [2.05, 4.69) is 56.9 Å². The molecule has 2 N–H and O–H groups in total. The Labute approximate surface area is 271 Å². The van der Waals surface area contributed by atoms with Gasteiger partial charge in [0.05, 0.1) is 12.2 Å². The summed E-state index contributed by atoms with van der Waals surface area (Å²) in [5, 5.41) is 11.9. The monoisotopic (exact) mass is 660 g/mol. The first kappa shape index (κ1) is 31.8. The van der Waals surface area contributed by atoms with Gasteiger partial charge in [-0.15, -0.1) is 9.19 Å². The zero-order chi connectivity index (χ0) is 32.3. The van der Waals surface area contributed by atoms with Crippen LogP contribution in [0.5, 0.6) is 0 Å². The molecule has 12 nitrogen and oxygen atoms in total. The molecule has 0 spiro atoms. The molecule has 2 unspecified atom stereocenters. The van der Waals surface area contributed by atoms with Crippen molar-refractivity contribution in [3.8, 4) is 11.4 Å². The Hall–Kier alpha value is -4.14. The third-order valence-electron chi connectivity index (χ3n) is 8.26. The summed E-state index contributed by atoms with van der Waals surface area (Å²) in [6.07, 6.45) is 9.49. The highest BCUT2D eigenvalue weighted by Crippen LogP contribution is 2.33. The van der Waals surface area contributed by atoms with E-state index in [1.165, 1.54) is 6.33 Å². The molecule has 5 aromatic rings. The Bertz CT molecular complexity index is 1880. The standard InChI is InChI=1S/C32H41N9O3SSi/c1-5-25-22-36-41-29(34-21-24-11-9-16-33-20-24)19-30(37-32(25)41)39-17-10-14-28(27(39)15-18-44-46(2,3)4)45(42,43)40-23-35-31(38-40)26-12-7-6-8-13-26/h6-9,11-13,16,19-20,22-23,27-28,34H,5,10,14-15,17-18,21H2,1-4H3/p+1. The topological polar surface area (TPSA) is 134 Å². The van der Waals surface area contributed by atoms with E-state index < -0.39 is 23.6 Å². The Morgan fingerprint density at radius 3 is 2.70 bits per heavy atom. The first-order valence-electron chi connectivity index (χ1n) is 15.8. The maximum atomic E-state index is 14.3. The molecule has 0 bridgehead atoms. The lowest BCUT2D eigenvalue weighted by Gasteiger charge is -2.42. The van der Waals surface area contributed by atoms with Crippen LogP contribution in [0.15, 0.2) is 73.4 Å². The molecule has 5 heterocycles. The number of nitrogens with one attached hydrogen (secondary N) is 2. The second-order valence-corrected chi connectivity index (χ2v) is 19.1. The number of rotatable bonds is 12. The predicted molar refractivity (Wildman–Crippen MR) is 181 cm³/mol. The second-order valence-electron chi connectivity index (χ2n) is 12.6. The van der Waals surface area contributed by atoms with Crippen molar-refractivity contribution >= 4 is 35.6 Å². The molecule has 1 aliphatic heterocycles. The molecular formula is C32H42N9O3SSi+. The van der Waals surface area contributed by atoms with Crippen LogP contribution in [0.25, 0.3) is 17.0 Å². The minimum absolute atomic E-state index is 0.377. The molecule has 46 heavy (non-hydrogen) atoms. The molecule has 0 amide bonds. The van der Waals surface area contributed by atoms with Gasteiger partial charge in [0.2, 0.25) is 0 Å². The van der Waals surface area contributed by atoms with Crippen LogP contribution in [-0.2, 0) is 27.4 Å². The fourth-order valence-corrected chi connectivity index (χ4v) is 8.48. The summed E-state index contributed by atoms with van der Waals surface area (Å²) in [7, 11) is -5.75. The Balaban J connectivity index is 1.37. The van der Waals surface area contributed by atoms with Crippen molar-refractivity contribution in [1.82, 2.24) is 28.8 Å². The first-order valence-corrected chi connectivity index (χ1v) is 20.7. The van der Waals surface area contributed by atoms with E-state index in [0.29, 0.717) is 50.6 Å². The molecular weight excluding hydrogens is 619 g/mol. The third kappa shape index (κ3) is 6.83. The Morgan fingerprint density at radius 2 is 1.96 bits per heavy atom. The van der Waals surface area contributed by atoms with E-state index in [1.54, 1.807) is 0 Å². The van der Waals surface area contributed by atoms with Crippen LogP contribution in [-0.4, -0.2) is 69.9 Å². The van der Waals surface area contributed by atoms with Gasteiger partial charge in [0.1, 0.15) is 23.2 Å². The summed E-state index contributed by atoms with van der Waals surface area (Å²) in [6.45, 7) is 10.2. The van der Waals surface area contributed by atoms with Crippen LogP contribution < -0.4 is 15.2 Å². The molecule has 2 atom stereocenters. The smallest absolute Gasteiger partial charge is 0.260 e. The van der Waals surface area contributed by atoms with Crippen molar-refractivity contribution < 1.29 is 17.8 Å². The number of hydrogen-bond donors (Lipinski definition) is 1. The van der Waals surface area contributed by atoms with Gasteiger partial charge in [-0.05, 0) is 51.4 Å². The van der Waals surface area contributed by atoms with E-state index in [9.17, 15) is 8.42 Å². The van der Waals surface area contributed by atoms with E-state index in [-0.39, 0.29) is 6.04 Å². The van der Waals surface area contributed by atoms with Crippen molar-refractivity contribution in [3.05, 3.63) is 84.6 Å². The number of aryl methyl sites for hydroxylation is 1. The lowest BCUT2D eigenvalue weighted by atomic mass is 9.99. The molecule has 1 aromatic carbocycles. The van der Waals surface area contributed by atoms with Crippen molar-refractivity contribution in [1.29, 1.82) is 0 Å². The summed E-state index contributed by atoms with van der Waals surface area (Å²) in [6, 6.07) is 15.0. The third-order valence-corrected chi connectivity index (χ3v) is 11.3. The molecule has 4 aromatic heterocycles. The number of aromatic nitrogens is 7. The van der Waals surface area contributed by atoms with Crippen LogP contribution in [0.2, 0.25) is 19.6 Å². The molecule has 0 aliphatic carbocycles. The largest absolute Gasteiger partial charge is 0.418 e. The van der Waals surface area contributed by atoms with Crippen LogP contribution in [0.3, 0.4) is 0 Å². The van der Waals surface area contributed by atoms with Crippen molar-refractivity contribution in [3.63, 3.8) is 0 Å². The molecule has 0 saturated carbocycles. The maximum absolute atomic E-state index is 14.3. The van der Waals surface area contributed by atoms with Gasteiger partial charge in [0.15, 0.2) is 32.2 Å². The van der Waals surface area contributed by atoms with Gasteiger partial charge < -0.3 is 14.6 Å². The maximum Gasteiger partial charge on any atom is 0.260 e. The normalized spacial score (nSPS) is 17.4. The Morgan fingerprint density at radius 1 is 1.13 bits per heavy atom.